The van der Waals surface area contributed by atoms with Gasteiger partial charge < -0.3 is 5.73 Å². The predicted octanol–water partition coefficient (Wildman–Crippen LogP) is 2.38. The second-order valence-electron chi connectivity index (χ2n) is 3.78. The highest BCUT2D eigenvalue weighted by atomic mass is 19.1. The number of halogens is 1. The quantitative estimate of drug-likeness (QED) is 0.774. The Morgan fingerprint density at radius 1 is 1.40 bits per heavy atom. The molecule has 2 unspecified atom stereocenters. The molecule has 0 aliphatic rings. The summed E-state index contributed by atoms with van der Waals surface area (Å²) in [6.45, 7) is 3.93. The van der Waals surface area contributed by atoms with Crippen LogP contribution in [0.2, 0.25) is 0 Å². The summed E-state index contributed by atoms with van der Waals surface area (Å²) in [4.78, 5) is 11.8. The van der Waals surface area contributed by atoms with Crippen molar-refractivity contribution in [1.29, 1.82) is 0 Å². The third-order valence-corrected chi connectivity index (χ3v) is 2.69. The molecule has 1 rings (SSSR count). The summed E-state index contributed by atoms with van der Waals surface area (Å²) in [6.07, 6.45) is 0.855. The maximum absolute atomic E-state index is 12.6. The molecule has 0 saturated carbocycles. The highest BCUT2D eigenvalue weighted by Crippen LogP contribution is 2.12. The number of benzene rings is 1. The number of Topliss-reactive ketones (excluding diaryl/α,β-unsaturated/α-hetero) is 1. The lowest BCUT2D eigenvalue weighted by Gasteiger charge is -2.16. The van der Waals surface area contributed by atoms with Crippen molar-refractivity contribution in [2.24, 2.45) is 11.7 Å². The fourth-order valence-electron chi connectivity index (χ4n) is 1.32. The molecule has 0 fully saturated rings. The monoisotopic (exact) mass is 209 g/mol. The molecule has 0 bridgehead atoms. The van der Waals surface area contributed by atoms with Gasteiger partial charge in [-0.15, -0.1) is 0 Å². The van der Waals surface area contributed by atoms with Gasteiger partial charge in [-0.05, 0) is 30.2 Å². The van der Waals surface area contributed by atoms with Crippen molar-refractivity contribution >= 4 is 5.78 Å². The lowest BCUT2D eigenvalue weighted by atomic mass is 9.93. The van der Waals surface area contributed by atoms with Crippen LogP contribution in [0.25, 0.3) is 0 Å². The maximum atomic E-state index is 12.6. The standard InChI is InChI=1S/C12H16FNO/c1-3-8(2)11(14)12(15)9-4-6-10(13)7-5-9/h4-8,11H,3,14H2,1-2H3. The molecule has 0 aromatic heterocycles. The van der Waals surface area contributed by atoms with Crippen LogP contribution in [0, 0.1) is 11.7 Å². The fourth-order valence-corrected chi connectivity index (χ4v) is 1.32. The first-order valence-electron chi connectivity index (χ1n) is 5.11. The van der Waals surface area contributed by atoms with E-state index in [0.29, 0.717) is 5.56 Å². The summed E-state index contributed by atoms with van der Waals surface area (Å²) < 4.78 is 12.6. The molecule has 1 aromatic carbocycles. The number of rotatable bonds is 4. The molecular weight excluding hydrogens is 193 g/mol. The minimum absolute atomic E-state index is 0.121. The molecule has 0 saturated heterocycles. The Labute approximate surface area is 89.3 Å². The molecule has 82 valence electrons. The average Bonchev–Trinajstić information content (AvgIpc) is 2.27. The average molecular weight is 209 g/mol. The van der Waals surface area contributed by atoms with Crippen LogP contribution in [0.15, 0.2) is 24.3 Å². The zero-order chi connectivity index (χ0) is 11.4. The van der Waals surface area contributed by atoms with Crippen molar-refractivity contribution in [3.05, 3.63) is 35.6 Å². The van der Waals surface area contributed by atoms with Crippen LogP contribution < -0.4 is 5.73 Å². The molecule has 2 N–H and O–H groups in total. The maximum Gasteiger partial charge on any atom is 0.179 e. The van der Waals surface area contributed by atoms with E-state index in [-0.39, 0.29) is 17.5 Å². The Hall–Kier alpha value is -1.22. The van der Waals surface area contributed by atoms with E-state index in [2.05, 4.69) is 0 Å². The van der Waals surface area contributed by atoms with Crippen molar-refractivity contribution in [2.75, 3.05) is 0 Å². The van der Waals surface area contributed by atoms with Gasteiger partial charge in [0.15, 0.2) is 5.78 Å². The number of hydrogen-bond donors (Lipinski definition) is 1. The van der Waals surface area contributed by atoms with Gasteiger partial charge in [0.05, 0.1) is 6.04 Å². The van der Waals surface area contributed by atoms with E-state index < -0.39 is 6.04 Å². The molecule has 0 spiro atoms. The van der Waals surface area contributed by atoms with E-state index >= 15 is 0 Å². The summed E-state index contributed by atoms with van der Waals surface area (Å²) in [7, 11) is 0. The molecule has 1 aromatic rings. The second kappa shape index (κ2) is 5.03. The fraction of sp³-hybridized carbons (Fsp3) is 0.417. The first-order chi connectivity index (χ1) is 7.06. The van der Waals surface area contributed by atoms with Gasteiger partial charge in [-0.25, -0.2) is 4.39 Å². The molecule has 0 heterocycles. The number of hydrogen-bond acceptors (Lipinski definition) is 2. The molecule has 0 aliphatic heterocycles. The number of ketones is 1. The van der Waals surface area contributed by atoms with Crippen LogP contribution in [0.3, 0.4) is 0 Å². The molecule has 0 amide bonds. The Kier molecular flexibility index (Phi) is 3.97. The predicted molar refractivity (Wildman–Crippen MR) is 58.2 cm³/mol. The van der Waals surface area contributed by atoms with E-state index in [9.17, 15) is 9.18 Å². The van der Waals surface area contributed by atoms with Gasteiger partial charge in [0.1, 0.15) is 5.82 Å². The summed E-state index contributed by atoms with van der Waals surface area (Å²) in [5.41, 5.74) is 6.27. The van der Waals surface area contributed by atoms with Crippen molar-refractivity contribution < 1.29 is 9.18 Å². The summed E-state index contributed by atoms with van der Waals surface area (Å²) in [5, 5.41) is 0. The minimum Gasteiger partial charge on any atom is -0.321 e. The smallest absolute Gasteiger partial charge is 0.179 e. The van der Waals surface area contributed by atoms with Crippen LogP contribution >= 0.6 is 0 Å². The molecule has 15 heavy (non-hydrogen) atoms. The van der Waals surface area contributed by atoms with Gasteiger partial charge in [-0.2, -0.15) is 0 Å². The van der Waals surface area contributed by atoms with Gasteiger partial charge in [-0.1, -0.05) is 20.3 Å². The minimum atomic E-state index is -0.500. The van der Waals surface area contributed by atoms with Crippen molar-refractivity contribution in [3.63, 3.8) is 0 Å². The van der Waals surface area contributed by atoms with Crippen LogP contribution in [0.5, 0.6) is 0 Å². The normalized spacial score (nSPS) is 14.7. The zero-order valence-corrected chi connectivity index (χ0v) is 9.03. The first kappa shape index (κ1) is 11.9. The third-order valence-electron chi connectivity index (χ3n) is 2.69. The molecule has 2 nitrogen and oxygen atoms in total. The van der Waals surface area contributed by atoms with E-state index in [1.54, 1.807) is 0 Å². The summed E-state index contributed by atoms with van der Waals surface area (Å²) >= 11 is 0. The van der Waals surface area contributed by atoms with Crippen LogP contribution in [0.4, 0.5) is 4.39 Å². The number of carbonyl (C=O) groups is 1. The second-order valence-corrected chi connectivity index (χ2v) is 3.78. The lowest BCUT2D eigenvalue weighted by Crippen LogP contribution is -2.36. The number of nitrogens with two attached hydrogens (primary N) is 1. The van der Waals surface area contributed by atoms with Crippen molar-refractivity contribution in [1.82, 2.24) is 0 Å². The van der Waals surface area contributed by atoms with E-state index in [4.69, 9.17) is 5.73 Å². The summed E-state index contributed by atoms with van der Waals surface area (Å²) in [6, 6.07) is 4.99. The van der Waals surface area contributed by atoms with E-state index in [1.807, 2.05) is 13.8 Å². The van der Waals surface area contributed by atoms with Gasteiger partial charge in [0.25, 0.3) is 0 Å². The molecule has 2 atom stereocenters. The van der Waals surface area contributed by atoms with Gasteiger partial charge in [0.2, 0.25) is 0 Å². The molecule has 0 aliphatic carbocycles. The topological polar surface area (TPSA) is 43.1 Å². The van der Waals surface area contributed by atoms with Crippen molar-refractivity contribution in [3.8, 4) is 0 Å². The van der Waals surface area contributed by atoms with Gasteiger partial charge in [-0.3, -0.25) is 4.79 Å². The van der Waals surface area contributed by atoms with Gasteiger partial charge >= 0.3 is 0 Å². The Morgan fingerprint density at radius 2 is 1.93 bits per heavy atom. The largest absolute Gasteiger partial charge is 0.321 e. The Balaban J connectivity index is 2.80. The Bertz CT molecular complexity index is 334. The molecule has 0 radical (unpaired) electrons. The molecular formula is C12H16FNO. The third kappa shape index (κ3) is 2.86. The van der Waals surface area contributed by atoms with Crippen LogP contribution in [0.1, 0.15) is 30.6 Å². The highest BCUT2D eigenvalue weighted by Gasteiger charge is 2.20. The SMILES string of the molecule is CCC(C)C(N)C(=O)c1ccc(F)cc1. The lowest BCUT2D eigenvalue weighted by molar-refractivity contribution is 0.0935. The number of carbonyl (C=O) groups excluding carboxylic acids is 1. The van der Waals surface area contributed by atoms with Crippen LogP contribution in [-0.2, 0) is 0 Å². The highest BCUT2D eigenvalue weighted by molar-refractivity contribution is 6.00. The zero-order valence-electron chi connectivity index (χ0n) is 9.03. The first-order valence-corrected chi connectivity index (χ1v) is 5.11. The van der Waals surface area contributed by atoms with Crippen LogP contribution in [-0.4, -0.2) is 11.8 Å². The van der Waals surface area contributed by atoms with E-state index in [1.165, 1.54) is 24.3 Å². The summed E-state index contributed by atoms with van der Waals surface area (Å²) in [5.74, 6) is -0.324. The van der Waals surface area contributed by atoms with E-state index in [0.717, 1.165) is 6.42 Å². The molecule has 3 heteroatoms. The van der Waals surface area contributed by atoms with Crippen molar-refractivity contribution in [2.45, 2.75) is 26.3 Å². The Morgan fingerprint density at radius 3 is 2.40 bits per heavy atom. The van der Waals surface area contributed by atoms with Gasteiger partial charge in [0, 0.05) is 5.56 Å².